The molecule has 0 saturated carbocycles. The smallest absolute Gasteiger partial charge is 0.414 e. The average Bonchev–Trinajstić information content (AvgIpc) is 3.26. The first kappa shape index (κ1) is 22.1. The van der Waals surface area contributed by atoms with Crippen molar-refractivity contribution < 1.29 is 28.9 Å². The van der Waals surface area contributed by atoms with Crippen molar-refractivity contribution in [3.05, 3.63) is 38.9 Å². The number of carboxylic acids is 1. The van der Waals surface area contributed by atoms with Gasteiger partial charge in [-0.05, 0) is 37.5 Å². The molecule has 1 aromatic carbocycles. The Morgan fingerprint density at radius 1 is 1.18 bits per heavy atom. The van der Waals surface area contributed by atoms with Crippen LogP contribution in [0.15, 0.2) is 11.1 Å². The molecule has 0 fully saturated rings. The van der Waals surface area contributed by atoms with Gasteiger partial charge in [0.05, 0.1) is 6.33 Å². The quantitative estimate of drug-likeness (QED) is 0.523. The van der Waals surface area contributed by atoms with Crippen molar-refractivity contribution in [1.82, 2.24) is 19.5 Å². The first-order valence-electron chi connectivity index (χ1n) is 10.1. The van der Waals surface area contributed by atoms with Gasteiger partial charge in [-0.1, -0.05) is 0 Å². The Kier molecular flexibility index (Phi) is 5.23. The van der Waals surface area contributed by atoms with Crippen molar-refractivity contribution in [2.75, 3.05) is 5.32 Å². The first-order valence-corrected chi connectivity index (χ1v) is 10.1. The maximum Gasteiger partial charge on any atom is 0.414 e. The van der Waals surface area contributed by atoms with E-state index in [2.05, 4.69) is 20.3 Å². The third-order valence-electron chi connectivity index (χ3n) is 5.40. The second kappa shape index (κ2) is 7.80. The number of nitrogens with zero attached hydrogens (tertiary/aromatic N) is 3. The molecule has 0 spiro atoms. The molecule has 0 saturated heterocycles. The summed E-state index contributed by atoms with van der Waals surface area (Å²) in [6, 6.07) is 0. The van der Waals surface area contributed by atoms with Gasteiger partial charge >= 0.3 is 12.1 Å². The number of aromatic nitrogens is 4. The molecule has 3 heterocycles. The van der Waals surface area contributed by atoms with E-state index in [-0.39, 0.29) is 23.7 Å². The minimum absolute atomic E-state index is 0.0251. The van der Waals surface area contributed by atoms with Crippen molar-refractivity contribution in [2.45, 2.75) is 53.6 Å². The Morgan fingerprint density at radius 3 is 2.52 bits per heavy atom. The fourth-order valence-corrected chi connectivity index (χ4v) is 3.68. The van der Waals surface area contributed by atoms with Crippen LogP contribution in [0.3, 0.4) is 0 Å². The lowest BCUT2D eigenvalue weighted by Crippen LogP contribution is -2.30. The van der Waals surface area contributed by atoms with Crippen molar-refractivity contribution in [3.63, 3.8) is 0 Å². The second-order valence-corrected chi connectivity index (χ2v) is 8.17. The Balaban J connectivity index is 1.53. The number of amides is 1. The van der Waals surface area contributed by atoms with E-state index in [9.17, 15) is 14.4 Å². The zero-order valence-corrected chi connectivity index (χ0v) is 18.7. The molecule has 1 aliphatic heterocycles. The number of carboxylic acid groups (broad SMARTS) is 1. The van der Waals surface area contributed by atoms with Gasteiger partial charge in [0.25, 0.3) is 5.56 Å². The van der Waals surface area contributed by atoms with Gasteiger partial charge < -0.3 is 23.9 Å². The molecule has 4 rings (SSSR count). The summed E-state index contributed by atoms with van der Waals surface area (Å²) in [5.74, 6) is -0.813. The van der Waals surface area contributed by atoms with Crippen LogP contribution in [-0.2, 0) is 22.7 Å². The van der Waals surface area contributed by atoms with E-state index in [1.165, 1.54) is 10.9 Å². The van der Waals surface area contributed by atoms with E-state index in [0.717, 1.165) is 22.3 Å². The lowest BCUT2D eigenvalue weighted by molar-refractivity contribution is -0.137. The van der Waals surface area contributed by atoms with Crippen molar-refractivity contribution in [1.29, 1.82) is 0 Å². The Bertz CT molecular complexity index is 1360. The lowest BCUT2D eigenvalue weighted by Gasteiger charge is -2.16. The van der Waals surface area contributed by atoms with Gasteiger partial charge in [-0.15, -0.1) is 0 Å². The summed E-state index contributed by atoms with van der Waals surface area (Å²) in [7, 11) is 0. The fraction of sp³-hybridized carbons (Fsp3) is 0.381. The second-order valence-electron chi connectivity index (χ2n) is 8.17. The molecule has 12 nitrogen and oxygen atoms in total. The molecule has 0 unspecified atom stereocenters. The largest absolute Gasteiger partial charge is 0.480 e. The van der Waals surface area contributed by atoms with Gasteiger partial charge in [-0.25, -0.2) is 9.78 Å². The highest BCUT2D eigenvalue weighted by atomic mass is 16.7. The molecule has 2 aromatic heterocycles. The van der Waals surface area contributed by atoms with Gasteiger partial charge in [0.1, 0.15) is 13.2 Å². The molecule has 33 heavy (non-hydrogen) atoms. The summed E-state index contributed by atoms with van der Waals surface area (Å²) in [5, 5.41) is 11.4. The monoisotopic (exact) mass is 457 g/mol. The number of nitrogens with one attached hydrogen (secondary N) is 2. The maximum absolute atomic E-state index is 12.4. The number of ether oxygens (including phenoxy) is 3. The number of anilines is 1. The maximum atomic E-state index is 12.4. The molecular weight excluding hydrogens is 434 g/mol. The predicted molar refractivity (Wildman–Crippen MR) is 116 cm³/mol. The molecule has 0 bridgehead atoms. The van der Waals surface area contributed by atoms with Crippen LogP contribution in [0.1, 0.15) is 36.1 Å². The van der Waals surface area contributed by atoms with Crippen LogP contribution in [0.2, 0.25) is 0 Å². The van der Waals surface area contributed by atoms with Gasteiger partial charge in [0.15, 0.2) is 22.7 Å². The Hall–Kier alpha value is -4.09. The predicted octanol–water partition coefficient (Wildman–Crippen LogP) is 2.39. The van der Waals surface area contributed by atoms with Crippen LogP contribution in [0, 0.1) is 20.8 Å². The third kappa shape index (κ3) is 4.06. The molecule has 0 atom stereocenters. The summed E-state index contributed by atoms with van der Waals surface area (Å²) < 4.78 is 18.4. The van der Waals surface area contributed by atoms with E-state index >= 15 is 0 Å². The summed E-state index contributed by atoms with van der Waals surface area (Å²) in [5.41, 5.74) is 2.74. The molecule has 0 radical (unpaired) electrons. The summed E-state index contributed by atoms with van der Waals surface area (Å²) >= 11 is 0. The number of H-pyrrole nitrogens is 1. The zero-order chi connectivity index (χ0) is 24.1. The summed E-state index contributed by atoms with van der Waals surface area (Å²) in [4.78, 5) is 45.9. The van der Waals surface area contributed by atoms with Crippen LogP contribution in [0.5, 0.6) is 11.5 Å². The van der Waals surface area contributed by atoms with Gasteiger partial charge in [-0.2, -0.15) is 4.98 Å². The Morgan fingerprint density at radius 2 is 1.85 bits per heavy atom. The number of hydrogen-bond donors (Lipinski definition) is 3. The Labute approximate surface area is 187 Å². The number of benzene rings is 1. The summed E-state index contributed by atoms with van der Waals surface area (Å²) in [6.07, 6.45) is 0.342. The van der Waals surface area contributed by atoms with E-state index in [0.29, 0.717) is 11.5 Å². The minimum Gasteiger partial charge on any atom is -0.480 e. The van der Waals surface area contributed by atoms with Crippen LogP contribution >= 0.6 is 0 Å². The highest BCUT2D eigenvalue weighted by molar-refractivity contribution is 5.84. The van der Waals surface area contributed by atoms with Crippen LogP contribution in [0.25, 0.3) is 11.2 Å². The number of carbonyl (C=O) groups excluding carboxylic acids is 1. The number of hydrogen-bond acceptors (Lipinski definition) is 8. The fourth-order valence-electron chi connectivity index (χ4n) is 3.68. The van der Waals surface area contributed by atoms with E-state index in [1.54, 1.807) is 0 Å². The first-order chi connectivity index (χ1) is 15.5. The van der Waals surface area contributed by atoms with E-state index in [4.69, 9.17) is 19.3 Å². The van der Waals surface area contributed by atoms with Crippen LogP contribution in [-0.4, -0.2) is 42.5 Å². The van der Waals surface area contributed by atoms with Crippen molar-refractivity contribution in [2.24, 2.45) is 0 Å². The average molecular weight is 457 g/mol. The molecule has 12 heteroatoms. The number of aliphatic carboxylic acids is 1. The topological polar surface area (TPSA) is 158 Å². The molecule has 3 N–H and O–H groups in total. The number of fused-ring (bicyclic) bond motifs is 2. The standard InChI is InChI=1S/C21H23N5O7/c1-9-10(2)15-16(33-21(4,5)32-15)11(3)12(9)7-31-20(30)25-19-23-17-14(18(29)24-19)22-8-26(17)6-13(27)28/h8H,6-7H2,1-5H3,(H,27,28)(H2,23,24,25,29,30). The van der Waals surface area contributed by atoms with Gasteiger partial charge in [0.2, 0.25) is 11.7 Å². The highest BCUT2D eigenvalue weighted by Crippen LogP contribution is 2.47. The molecule has 3 aromatic rings. The van der Waals surface area contributed by atoms with Gasteiger partial charge in [-0.3, -0.25) is 19.9 Å². The van der Waals surface area contributed by atoms with E-state index in [1.807, 2.05) is 34.6 Å². The number of rotatable bonds is 5. The molecule has 1 aliphatic rings. The van der Waals surface area contributed by atoms with Gasteiger partial charge in [0, 0.05) is 19.4 Å². The van der Waals surface area contributed by atoms with Crippen molar-refractivity contribution in [3.8, 4) is 11.5 Å². The zero-order valence-electron chi connectivity index (χ0n) is 18.7. The lowest BCUT2D eigenvalue weighted by atomic mass is 9.97. The summed E-state index contributed by atoms with van der Waals surface area (Å²) in [6.45, 7) is 8.83. The van der Waals surface area contributed by atoms with Crippen molar-refractivity contribution >= 4 is 29.2 Å². The molecule has 0 aliphatic carbocycles. The molecule has 174 valence electrons. The normalized spacial score (nSPS) is 13.8. The third-order valence-corrected chi connectivity index (χ3v) is 5.40. The SMILES string of the molecule is Cc1c(C)c2c(c(C)c1COC(=O)Nc1nc3c(ncn3CC(=O)O)c(=O)[nH]1)OC(C)(C)O2. The number of aromatic amines is 1. The minimum atomic E-state index is -1.13. The van der Waals surface area contributed by atoms with E-state index < -0.39 is 30.0 Å². The molecule has 1 amide bonds. The number of carbonyl (C=O) groups is 2. The number of imidazole rings is 1. The highest BCUT2D eigenvalue weighted by Gasteiger charge is 2.36. The van der Waals surface area contributed by atoms with Crippen LogP contribution < -0.4 is 20.3 Å². The van der Waals surface area contributed by atoms with Crippen LogP contribution in [0.4, 0.5) is 10.7 Å². The molecular formula is C21H23N5O7.